The maximum absolute atomic E-state index is 13.0. The van der Waals surface area contributed by atoms with Crippen molar-refractivity contribution in [2.75, 3.05) is 11.9 Å². The Bertz CT molecular complexity index is 1520. The van der Waals surface area contributed by atoms with Gasteiger partial charge in [-0.05, 0) is 30.7 Å². The maximum Gasteiger partial charge on any atom is 0.279 e. The van der Waals surface area contributed by atoms with Gasteiger partial charge in [0.2, 0.25) is 0 Å². The van der Waals surface area contributed by atoms with Gasteiger partial charge >= 0.3 is 0 Å². The number of hydrogen-bond acceptors (Lipinski definition) is 7. The van der Waals surface area contributed by atoms with Gasteiger partial charge in [-0.25, -0.2) is 0 Å². The van der Waals surface area contributed by atoms with Crippen molar-refractivity contribution in [3.05, 3.63) is 88.6 Å². The molecule has 0 spiro atoms. The fraction of sp³-hybridized carbons (Fsp3) is 0.269. The number of nitrogens with one attached hydrogen (secondary N) is 1. The number of allylic oxidation sites excluding steroid dienone is 1. The lowest BCUT2D eigenvalue weighted by Gasteiger charge is -2.26. The molecule has 0 saturated heterocycles. The molecule has 1 aliphatic rings. The lowest BCUT2D eigenvalue weighted by atomic mass is 9.82. The molecule has 0 bridgehead atoms. The van der Waals surface area contributed by atoms with Gasteiger partial charge in [-0.2, -0.15) is 9.78 Å². The molecule has 5 rings (SSSR count). The van der Waals surface area contributed by atoms with E-state index in [0.29, 0.717) is 41.7 Å². The van der Waals surface area contributed by atoms with E-state index in [2.05, 4.69) is 20.7 Å². The zero-order chi connectivity index (χ0) is 25.3. The topological polar surface area (TPSA) is 135 Å². The first-order chi connectivity index (χ1) is 17.4. The minimum atomic E-state index is -1.80. The summed E-state index contributed by atoms with van der Waals surface area (Å²) in [6.45, 7) is 2.36. The molecule has 4 aromatic rings. The molecular formula is C26H26N6O4. The lowest BCUT2D eigenvalue weighted by molar-refractivity contribution is -0.137. The van der Waals surface area contributed by atoms with Crippen molar-refractivity contribution in [2.45, 2.75) is 31.9 Å². The molecule has 0 saturated carbocycles. The molecule has 2 atom stereocenters. The third kappa shape index (κ3) is 4.10. The van der Waals surface area contributed by atoms with Crippen molar-refractivity contribution in [1.82, 2.24) is 24.8 Å². The highest BCUT2D eigenvalue weighted by molar-refractivity contribution is 6.05. The van der Waals surface area contributed by atoms with Crippen LogP contribution in [0.15, 0.2) is 71.8 Å². The number of aromatic nitrogens is 5. The van der Waals surface area contributed by atoms with Crippen LogP contribution in [0.1, 0.15) is 24.6 Å². The number of anilines is 1. The van der Waals surface area contributed by atoms with Crippen molar-refractivity contribution in [2.24, 2.45) is 5.92 Å². The van der Waals surface area contributed by atoms with Crippen LogP contribution < -0.4 is 10.9 Å². The monoisotopic (exact) mass is 486 g/mol. The van der Waals surface area contributed by atoms with E-state index in [-0.39, 0.29) is 12.2 Å². The smallest absolute Gasteiger partial charge is 0.279 e. The summed E-state index contributed by atoms with van der Waals surface area (Å²) in [7, 11) is 0. The highest BCUT2D eigenvalue weighted by Gasteiger charge is 2.48. The number of amides is 1. The molecule has 0 unspecified atom stereocenters. The molecule has 10 heteroatoms. The van der Waals surface area contributed by atoms with E-state index in [1.165, 1.54) is 4.68 Å². The summed E-state index contributed by atoms with van der Waals surface area (Å²) in [4.78, 5) is 25.9. The molecule has 0 radical (unpaired) electrons. The van der Waals surface area contributed by atoms with Crippen molar-refractivity contribution in [1.29, 1.82) is 0 Å². The third-order valence-corrected chi connectivity index (χ3v) is 6.51. The van der Waals surface area contributed by atoms with Gasteiger partial charge in [0.1, 0.15) is 0 Å². The summed E-state index contributed by atoms with van der Waals surface area (Å²) in [5.41, 5.74) is -0.00539. The average Bonchev–Trinajstić information content (AvgIpc) is 3.44. The summed E-state index contributed by atoms with van der Waals surface area (Å²) in [6.07, 6.45) is 8.16. The minimum absolute atomic E-state index is 0.0194. The molecule has 0 fully saturated rings. The molecular weight excluding hydrogens is 460 g/mol. The number of aryl methyl sites for hydroxylation is 1. The minimum Gasteiger partial charge on any atom is -0.396 e. The van der Waals surface area contributed by atoms with Crippen molar-refractivity contribution in [3.8, 4) is 5.69 Å². The Morgan fingerprint density at radius 1 is 1.19 bits per heavy atom. The van der Waals surface area contributed by atoms with Gasteiger partial charge in [-0.1, -0.05) is 42.5 Å². The first-order valence-corrected chi connectivity index (χ1v) is 11.7. The van der Waals surface area contributed by atoms with Crippen molar-refractivity contribution < 1.29 is 15.0 Å². The number of nitrogens with zero attached hydrogens (tertiary/aromatic N) is 5. The highest BCUT2D eigenvalue weighted by Crippen LogP contribution is 2.42. The molecule has 3 heterocycles. The summed E-state index contributed by atoms with van der Waals surface area (Å²) in [6, 6.07) is 12.2. The standard InChI is InChI=1S/C26H26N6O4/c1-17(6-4-5-12-31-16-19(11-13-33)29-30-31)26(36)22-14-20(9-10-23(22)28-25(26)35)32-24(34)21-8-3-2-7-18(21)15-27-32/h2-4,6-10,14-17,33,36H,5,11-13H2,1H3,(H,28,35)/b6-4+/t17-,26+/m1/s1. The van der Waals surface area contributed by atoms with Crippen molar-refractivity contribution >= 4 is 22.4 Å². The van der Waals surface area contributed by atoms with E-state index < -0.39 is 17.4 Å². The number of carbonyl (C=O) groups is 1. The van der Waals surface area contributed by atoms with Gasteiger partial charge in [0.05, 0.1) is 23.0 Å². The molecule has 10 nitrogen and oxygen atoms in total. The molecule has 3 N–H and O–H groups in total. The number of fused-ring (bicyclic) bond motifs is 2. The lowest BCUT2D eigenvalue weighted by Crippen LogP contribution is -2.39. The number of aliphatic hydroxyl groups is 2. The normalized spacial score (nSPS) is 18.0. The maximum atomic E-state index is 13.0. The largest absolute Gasteiger partial charge is 0.396 e. The second-order valence-electron chi connectivity index (χ2n) is 8.85. The summed E-state index contributed by atoms with van der Waals surface area (Å²) >= 11 is 0. The zero-order valence-corrected chi connectivity index (χ0v) is 19.7. The Labute approximate surface area is 206 Å². The van der Waals surface area contributed by atoms with E-state index in [1.54, 1.807) is 60.4 Å². The van der Waals surface area contributed by atoms with Crippen LogP contribution in [0.2, 0.25) is 0 Å². The fourth-order valence-electron chi connectivity index (χ4n) is 4.48. The fourth-order valence-corrected chi connectivity index (χ4v) is 4.48. The Morgan fingerprint density at radius 3 is 2.86 bits per heavy atom. The van der Waals surface area contributed by atoms with Gasteiger partial charge < -0.3 is 15.5 Å². The molecule has 2 aromatic carbocycles. The van der Waals surface area contributed by atoms with Crippen LogP contribution in [0.3, 0.4) is 0 Å². The van der Waals surface area contributed by atoms with E-state index >= 15 is 0 Å². The van der Waals surface area contributed by atoms with Crippen LogP contribution in [0.4, 0.5) is 5.69 Å². The Balaban J connectivity index is 1.39. The number of carbonyl (C=O) groups excluding carboxylic acids is 1. The SMILES string of the molecule is C[C@H](/C=C/CCn1cc(CCO)nn1)[C@@]1(O)C(=O)Nc2ccc(-n3ncc4ccccc4c3=O)cc21. The van der Waals surface area contributed by atoms with E-state index in [4.69, 9.17) is 5.11 Å². The quantitative estimate of drug-likeness (QED) is 0.324. The van der Waals surface area contributed by atoms with Gasteiger partial charge in [0, 0.05) is 48.3 Å². The van der Waals surface area contributed by atoms with Crippen LogP contribution in [-0.2, 0) is 23.4 Å². The molecule has 1 aliphatic heterocycles. The second-order valence-corrected chi connectivity index (χ2v) is 8.85. The predicted octanol–water partition coefficient (Wildman–Crippen LogP) is 1.93. The summed E-state index contributed by atoms with van der Waals surface area (Å²) < 4.78 is 2.96. The molecule has 1 amide bonds. The molecule has 184 valence electrons. The average molecular weight is 487 g/mol. The van der Waals surface area contributed by atoms with Crippen LogP contribution in [-0.4, -0.2) is 47.5 Å². The van der Waals surface area contributed by atoms with E-state index in [0.717, 1.165) is 11.1 Å². The number of benzene rings is 2. The number of hydrogen-bond donors (Lipinski definition) is 3. The highest BCUT2D eigenvalue weighted by atomic mass is 16.3. The van der Waals surface area contributed by atoms with Crippen LogP contribution in [0.25, 0.3) is 16.5 Å². The number of aliphatic hydroxyl groups excluding tert-OH is 1. The third-order valence-electron chi connectivity index (χ3n) is 6.51. The molecule has 2 aromatic heterocycles. The Morgan fingerprint density at radius 2 is 2.03 bits per heavy atom. The van der Waals surface area contributed by atoms with E-state index in [1.807, 2.05) is 18.2 Å². The van der Waals surface area contributed by atoms with Gasteiger partial charge in [-0.3, -0.25) is 14.3 Å². The molecule has 36 heavy (non-hydrogen) atoms. The van der Waals surface area contributed by atoms with Gasteiger partial charge in [0.25, 0.3) is 11.5 Å². The Hall–Kier alpha value is -4.15. The number of rotatable bonds is 8. The zero-order valence-electron chi connectivity index (χ0n) is 19.7. The van der Waals surface area contributed by atoms with Gasteiger partial charge in [-0.15, -0.1) is 5.10 Å². The van der Waals surface area contributed by atoms with Crippen LogP contribution in [0.5, 0.6) is 0 Å². The van der Waals surface area contributed by atoms with Crippen LogP contribution >= 0.6 is 0 Å². The predicted molar refractivity (Wildman–Crippen MR) is 134 cm³/mol. The second kappa shape index (κ2) is 9.48. The van der Waals surface area contributed by atoms with E-state index in [9.17, 15) is 14.7 Å². The first kappa shape index (κ1) is 23.6. The molecule has 0 aliphatic carbocycles. The Kier molecular flexibility index (Phi) is 6.21. The van der Waals surface area contributed by atoms with Crippen LogP contribution in [0, 0.1) is 5.92 Å². The first-order valence-electron chi connectivity index (χ1n) is 11.7. The van der Waals surface area contributed by atoms with Crippen molar-refractivity contribution in [3.63, 3.8) is 0 Å². The summed E-state index contributed by atoms with van der Waals surface area (Å²) in [5.74, 6) is -1.06. The van der Waals surface area contributed by atoms with Gasteiger partial charge in [0.15, 0.2) is 5.60 Å². The summed E-state index contributed by atoms with van der Waals surface area (Å²) in [5, 5.41) is 36.9.